The number of amides is 2. The predicted octanol–water partition coefficient (Wildman–Crippen LogP) is 1.90. The van der Waals surface area contributed by atoms with E-state index in [4.69, 9.17) is 0 Å². The van der Waals surface area contributed by atoms with Crippen LogP contribution in [-0.2, 0) is 9.59 Å². The van der Waals surface area contributed by atoms with Crippen LogP contribution >= 0.6 is 11.3 Å². The fourth-order valence-electron chi connectivity index (χ4n) is 1.32. The van der Waals surface area contributed by atoms with E-state index in [0.717, 1.165) is 5.01 Å². The molecule has 0 saturated carbocycles. The van der Waals surface area contributed by atoms with Crippen LogP contribution in [0.5, 0.6) is 0 Å². The van der Waals surface area contributed by atoms with Gasteiger partial charge in [-0.1, -0.05) is 25.2 Å². The number of nitrogens with zero attached hydrogens (tertiary/aromatic N) is 2. The van der Waals surface area contributed by atoms with Crippen LogP contribution in [0.2, 0.25) is 0 Å². The summed E-state index contributed by atoms with van der Waals surface area (Å²) in [6.45, 7) is 7.80. The Morgan fingerprint density at radius 1 is 1.11 bits per heavy atom. The SMILES string of the molecule is CC(C)NC(=O)CCC(=O)Nc1nnc(C(C)C)s1. The van der Waals surface area contributed by atoms with E-state index in [1.807, 2.05) is 27.7 Å². The zero-order chi connectivity index (χ0) is 14.4. The van der Waals surface area contributed by atoms with Crippen molar-refractivity contribution in [3.8, 4) is 0 Å². The first-order valence-corrected chi connectivity index (χ1v) is 7.12. The maximum Gasteiger partial charge on any atom is 0.226 e. The lowest BCUT2D eigenvalue weighted by atomic mass is 10.2. The smallest absolute Gasteiger partial charge is 0.226 e. The summed E-state index contributed by atoms with van der Waals surface area (Å²) >= 11 is 1.36. The van der Waals surface area contributed by atoms with E-state index in [2.05, 4.69) is 20.8 Å². The van der Waals surface area contributed by atoms with Gasteiger partial charge in [0.05, 0.1) is 0 Å². The topological polar surface area (TPSA) is 84.0 Å². The van der Waals surface area contributed by atoms with Crippen LogP contribution in [0.4, 0.5) is 5.13 Å². The molecule has 6 nitrogen and oxygen atoms in total. The van der Waals surface area contributed by atoms with E-state index >= 15 is 0 Å². The summed E-state index contributed by atoms with van der Waals surface area (Å²) in [5.74, 6) is -0.0457. The molecule has 2 N–H and O–H groups in total. The molecule has 0 spiro atoms. The summed E-state index contributed by atoms with van der Waals surface area (Å²) in [5, 5.41) is 14.6. The van der Waals surface area contributed by atoms with Crippen molar-refractivity contribution < 1.29 is 9.59 Å². The highest BCUT2D eigenvalue weighted by molar-refractivity contribution is 7.15. The Morgan fingerprint density at radius 2 is 1.74 bits per heavy atom. The molecule has 0 aliphatic heterocycles. The number of nitrogens with one attached hydrogen (secondary N) is 2. The first kappa shape index (κ1) is 15.6. The molecule has 19 heavy (non-hydrogen) atoms. The third-order valence-electron chi connectivity index (χ3n) is 2.21. The van der Waals surface area contributed by atoms with Crippen LogP contribution in [0, 0.1) is 0 Å². The van der Waals surface area contributed by atoms with Crippen LogP contribution < -0.4 is 10.6 Å². The Hall–Kier alpha value is -1.50. The summed E-state index contributed by atoms with van der Waals surface area (Å²) in [7, 11) is 0. The second kappa shape index (κ2) is 7.18. The number of hydrogen-bond acceptors (Lipinski definition) is 5. The van der Waals surface area contributed by atoms with Crippen LogP contribution in [0.1, 0.15) is 51.5 Å². The van der Waals surface area contributed by atoms with Gasteiger partial charge in [0, 0.05) is 24.8 Å². The lowest BCUT2D eigenvalue weighted by molar-refractivity contribution is -0.124. The second-order valence-electron chi connectivity index (χ2n) is 4.87. The van der Waals surface area contributed by atoms with Crippen LogP contribution in [0.3, 0.4) is 0 Å². The molecule has 0 atom stereocenters. The minimum Gasteiger partial charge on any atom is -0.354 e. The minimum atomic E-state index is -0.217. The summed E-state index contributed by atoms with van der Waals surface area (Å²) in [4.78, 5) is 23.0. The monoisotopic (exact) mass is 284 g/mol. The van der Waals surface area contributed by atoms with Gasteiger partial charge in [0.2, 0.25) is 16.9 Å². The highest BCUT2D eigenvalue weighted by Gasteiger charge is 2.12. The molecule has 0 radical (unpaired) electrons. The summed E-state index contributed by atoms with van der Waals surface area (Å²) in [6, 6.07) is 0.0901. The standard InChI is InChI=1S/C12H20N4O2S/c1-7(2)11-15-16-12(19-11)14-10(18)6-5-9(17)13-8(3)4/h7-8H,5-6H2,1-4H3,(H,13,17)(H,14,16,18). The Labute approximate surface area is 117 Å². The van der Waals surface area contributed by atoms with E-state index in [0.29, 0.717) is 11.0 Å². The molecule has 106 valence electrons. The number of hydrogen-bond donors (Lipinski definition) is 2. The average Bonchev–Trinajstić information content (AvgIpc) is 2.74. The first-order chi connectivity index (χ1) is 8.88. The summed E-state index contributed by atoms with van der Waals surface area (Å²) in [6.07, 6.45) is 0.328. The molecule has 0 aromatic carbocycles. The van der Waals surface area contributed by atoms with Gasteiger partial charge in [-0.3, -0.25) is 9.59 Å². The summed E-state index contributed by atoms with van der Waals surface area (Å²) < 4.78 is 0. The van der Waals surface area contributed by atoms with Gasteiger partial charge >= 0.3 is 0 Å². The third kappa shape index (κ3) is 5.78. The van der Waals surface area contributed by atoms with Gasteiger partial charge in [-0.15, -0.1) is 10.2 Å². The Kier molecular flexibility index (Phi) is 5.88. The largest absolute Gasteiger partial charge is 0.354 e. The quantitative estimate of drug-likeness (QED) is 0.835. The van der Waals surface area contributed by atoms with E-state index < -0.39 is 0 Å². The van der Waals surface area contributed by atoms with Gasteiger partial charge in [0.1, 0.15) is 5.01 Å². The van der Waals surface area contributed by atoms with Gasteiger partial charge in [-0.2, -0.15) is 0 Å². The molecule has 0 aliphatic carbocycles. The van der Waals surface area contributed by atoms with Crippen molar-refractivity contribution in [2.75, 3.05) is 5.32 Å². The van der Waals surface area contributed by atoms with Crippen molar-refractivity contribution in [3.05, 3.63) is 5.01 Å². The van der Waals surface area contributed by atoms with Crippen molar-refractivity contribution in [2.45, 2.75) is 52.5 Å². The molecular weight excluding hydrogens is 264 g/mol. The number of aromatic nitrogens is 2. The zero-order valence-electron chi connectivity index (χ0n) is 11.7. The third-order valence-corrected chi connectivity index (χ3v) is 3.35. The van der Waals surface area contributed by atoms with E-state index in [1.54, 1.807) is 0 Å². The first-order valence-electron chi connectivity index (χ1n) is 6.31. The zero-order valence-corrected chi connectivity index (χ0v) is 12.5. The molecule has 0 unspecified atom stereocenters. The lowest BCUT2D eigenvalue weighted by Gasteiger charge is -2.07. The minimum absolute atomic E-state index is 0.0901. The molecule has 1 aromatic heterocycles. The van der Waals surface area contributed by atoms with Gasteiger partial charge in [-0.25, -0.2) is 0 Å². The molecule has 2 amide bonds. The van der Waals surface area contributed by atoms with Gasteiger partial charge < -0.3 is 10.6 Å². The molecule has 7 heteroatoms. The number of carbonyl (C=O) groups excluding carboxylic acids is 2. The number of rotatable bonds is 6. The molecule has 0 bridgehead atoms. The van der Waals surface area contributed by atoms with Gasteiger partial charge in [-0.05, 0) is 13.8 Å². The fraction of sp³-hybridized carbons (Fsp3) is 0.667. The van der Waals surface area contributed by atoms with Crippen molar-refractivity contribution >= 4 is 28.3 Å². The number of carbonyl (C=O) groups is 2. The second-order valence-corrected chi connectivity index (χ2v) is 5.88. The molecule has 1 aromatic rings. The normalized spacial score (nSPS) is 10.8. The molecule has 1 heterocycles. The van der Waals surface area contributed by atoms with Crippen molar-refractivity contribution in [1.82, 2.24) is 15.5 Å². The average molecular weight is 284 g/mol. The molecule has 1 rings (SSSR count). The molecular formula is C12H20N4O2S. The summed E-state index contributed by atoms with van der Waals surface area (Å²) in [5.41, 5.74) is 0. The highest BCUT2D eigenvalue weighted by Crippen LogP contribution is 2.22. The highest BCUT2D eigenvalue weighted by atomic mass is 32.1. The predicted molar refractivity (Wildman–Crippen MR) is 75.1 cm³/mol. The number of anilines is 1. The van der Waals surface area contributed by atoms with E-state index in [9.17, 15) is 9.59 Å². The Morgan fingerprint density at radius 3 is 2.26 bits per heavy atom. The Balaban J connectivity index is 2.36. The van der Waals surface area contributed by atoms with Crippen molar-refractivity contribution in [1.29, 1.82) is 0 Å². The molecule has 0 saturated heterocycles. The van der Waals surface area contributed by atoms with Crippen LogP contribution in [-0.4, -0.2) is 28.1 Å². The molecule has 0 fully saturated rings. The molecule has 0 aliphatic rings. The van der Waals surface area contributed by atoms with Crippen molar-refractivity contribution in [2.24, 2.45) is 0 Å². The Bertz CT molecular complexity index is 443. The lowest BCUT2D eigenvalue weighted by Crippen LogP contribution is -2.30. The maximum absolute atomic E-state index is 11.6. The van der Waals surface area contributed by atoms with Crippen molar-refractivity contribution in [3.63, 3.8) is 0 Å². The maximum atomic E-state index is 11.6. The van der Waals surface area contributed by atoms with E-state index in [-0.39, 0.29) is 30.7 Å². The van der Waals surface area contributed by atoms with Crippen LogP contribution in [0.25, 0.3) is 0 Å². The van der Waals surface area contributed by atoms with Gasteiger partial charge in [0.25, 0.3) is 0 Å². The van der Waals surface area contributed by atoms with Gasteiger partial charge in [0.15, 0.2) is 0 Å². The van der Waals surface area contributed by atoms with Crippen LogP contribution in [0.15, 0.2) is 0 Å². The fourth-order valence-corrected chi connectivity index (χ4v) is 2.08. The van der Waals surface area contributed by atoms with E-state index in [1.165, 1.54) is 11.3 Å².